The number of hydrogen-bond acceptors (Lipinski definition) is 2. The van der Waals surface area contributed by atoms with Crippen LogP contribution in [0.5, 0.6) is 0 Å². The summed E-state index contributed by atoms with van der Waals surface area (Å²) in [6, 6.07) is 6.72. The van der Waals surface area contributed by atoms with Crippen molar-refractivity contribution in [2.45, 2.75) is 33.7 Å². The van der Waals surface area contributed by atoms with Gasteiger partial charge in [-0.3, -0.25) is 0 Å². The summed E-state index contributed by atoms with van der Waals surface area (Å²) in [7, 11) is 0. The van der Waals surface area contributed by atoms with Gasteiger partial charge in [-0.25, -0.2) is 0 Å². The molecule has 0 bridgehead atoms. The molecule has 18 heavy (non-hydrogen) atoms. The van der Waals surface area contributed by atoms with E-state index in [2.05, 4.69) is 55.9 Å². The molecular formula is C15H20NS2+. The lowest BCUT2D eigenvalue weighted by Crippen LogP contribution is -2.33. The van der Waals surface area contributed by atoms with Crippen molar-refractivity contribution >= 4 is 39.4 Å². The van der Waals surface area contributed by atoms with Crippen molar-refractivity contribution in [3.8, 4) is 0 Å². The molecule has 0 aliphatic heterocycles. The fourth-order valence-electron chi connectivity index (χ4n) is 2.09. The number of thioether (sulfide) groups is 1. The molecule has 0 radical (unpaired) electrons. The van der Waals surface area contributed by atoms with Gasteiger partial charge in [0, 0.05) is 12.1 Å². The summed E-state index contributed by atoms with van der Waals surface area (Å²) in [5, 5.41) is 1.37. The van der Waals surface area contributed by atoms with Gasteiger partial charge in [-0.2, -0.15) is 4.57 Å². The molecule has 0 atom stereocenters. The maximum atomic E-state index is 2.42. The summed E-state index contributed by atoms with van der Waals surface area (Å²) in [6.07, 6.45) is 5.61. The average Bonchev–Trinajstić information content (AvgIpc) is 2.72. The van der Waals surface area contributed by atoms with Crippen LogP contribution in [0.25, 0.3) is 16.3 Å². The van der Waals surface area contributed by atoms with Crippen molar-refractivity contribution in [3.05, 3.63) is 33.7 Å². The third-order valence-corrected chi connectivity index (χ3v) is 5.14. The lowest BCUT2D eigenvalue weighted by Gasteiger charge is -1.97. The van der Waals surface area contributed by atoms with Crippen LogP contribution >= 0.6 is 23.1 Å². The Balaban J connectivity index is 2.60. The number of thiazole rings is 1. The minimum atomic E-state index is 1.03. The minimum Gasteiger partial charge on any atom is -0.182 e. The lowest BCUT2D eigenvalue weighted by molar-refractivity contribution is -0.665. The summed E-state index contributed by atoms with van der Waals surface area (Å²) in [6.45, 7) is 7.62. The third kappa shape index (κ3) is 2.62. The third-order valence-electron chi connectivity index (χ3n) is 3.10. The molecule has 3 heteroatoms. The fraction of sp³-hybridized carbons (Fsp3) is 0.400. The molecule has 0 aliphatic rings. The van der Waals surface area contributed by atoms with Gasteiger partial charge in [0.15, 0.2) is 0 Å². The number of rotatable bonds is 4. The van der Waals surface area contributed by atoms with Gasteiger partial charge in [-0.05, 0) is 43.1 Å². The first-order valence-electron chi connectivity index (χ1n) is 6.37. The van der Waals surface area contributed by atoms with Crippen molar-refractivity contribution in [2.24, 2.45) is 0 Å². The van der Waals surface area contributed by atoms with Crippen LogP contribution in [-0.2, 0) is 6.54 Å². The van der Waals surface area contributed by atoms with Crippen molar-refractivity contribution < 1.29 is 4.57 Å². The first-order valence-corrected chi connectivity index (χ1v) is 8.41. The number of benzene rings is 1. The normalized spacial score (nSPS) is 12.3. The van der Waals surface area contributed by atoms with Crippen LogP contribution in [0, 0.1) is 6.92 Å². The Morgan fingerprint density at radius 1 is 1.39 bits per heavy atom. The van der Waals surface area contributed by atoms with Gasteiger partial charge in [0.05, 0.1) is 0 Å². The standard InChI is InChI=1S/C15H20NS2/c1-5-12(17-4)10-15-16(6-2)13-9-11(3)7-8-14(13)18-15/h7-10H,5-6H2,1-4H3/q+1/b12-10-. The Kier molecular flexibility index (Phi) is 4.46. The molecule has 1 heterocycles. The topological polar surface area (TPSA) is 3.88 Å². The molecule has 2 aromatic rings. The first-order chi connectivity index (χ1) is 8.69. The van der Waals surface area contributed by atoms with E-state index < -0.39 is 0 Å². The summed E-state index contributed by atoms with van der Waals surface area (Å²) >= 11 is 3.74. The smallest absolute Gasteiger partial charge is 0.182 e. The predicted molar refractivity (Wildman–Crippen MR) is 84.2 cm³/mol. The Hall–Kier alpha value is -0.800. The second kappa shape index (κ2) is 5.89. The molecule has 0 saturated carbocycles. The van der Waals surface area contributed by atoms with E-state index in [1.54, 1.807) is 0 Å². The van der Waals surface area contributed by atoms with E-state index in [1.807, 2.05) is 23.1 Å². The average molecular weight is 278 g/mol. The van der Waals surface area contributed by atoms with Crippen LogP contribution in [0.3, 0.4) is 0 Å². The van der Waals surface area contributed by atoms with E-state index in [-0.39, 0.29) is 0 Å². The Morgan fingerprint density at radius 3 is 2.78 bits per heavy atom. The van der Waals surface area contributed by atoms with Crippen LogP contribution in [0.4, 0.5) is 0 Å². The molecule has 0 N–H and O–H groups in total. The molecule has 1 aromatic carbocycles. The van der Waals surface area contributed by atoms with Crippen LogP contribution in [0.1, 0.15) is 30.8 Å². The number of aryl methyl sites for hydroxylation is 2. The molecule has 0 fully saturated rings. The second-order valence-electron chi connectivity index (χ2n) is 4.32. The molecule has 0 spiro atoms. The molecule has 0 amide bonds. The molecule has 1 aromatic heterocycles. The number of allylic oxidation sites excluding steroid dienone is 1. The van der Waals surface area contributed by atoms with Crippen LogP contribution < -0.4 is 4.57 Å². The summed E-state index contributed by atoms with van der Waals surface area (Å²) in [4.78, 5) is 1.44. The lowest BCUT2D eigenvalue weighted by atomic mass is 10.2. The Morgan fingerprint density at radius 2 is 2.17 bits per heavy atom. The van der Waals surface area contributed by atoms with E-state index in [9.17, 15) is 0 Å². The molecule has 2 rings (SSSR count). The predicted octanol–water partition coefficient (Wildman–Crippen LogP) is 4.63. The van der Waals surface area contributed by atoms with Crippen molar-refractivity contribution in [2.75, 3.05) is 6.26 Å². The second-order valence-corrected chi connectivity index (χ2v) is 6.32. The summed E-state index contributed by atoms with van der Waals surface area (Å²) in [5.74, 6) is 0. The van der Waals surface area contributed by atoms with Crippen molar-refractivity contribution in [1.29, 1.82) is 0 Å². The quantitative estimate of drug-likeness (QED) is 0.737. The summed E-state index contributed by atoms with van der Waals surface area (Å²) < 4.78 is 3.80. The zero-order valence-corrected chi connectivity index (χ0v) is 13.1. The van der Waals surface area contributed by atoms with Gasteiger partial charge in [-0.1, -0.05) is 24.3 Å². The van der Waals surface area contributed by atoms with Crippen LogP contribution in [0.15, 0.2) is 23.1 Å². The molecule has 96 valence electrons. The van der Waals surface area contributed by atoms with E-state index in [1.165, 1.54) is 25.7 Å². The monoisotopic (exact) mass is 278 g/mol. The number of fused-ring (bicyclic) bond motifs is 1. The SMILES string of the molecule is CC/C(=C/c1sc2ccc(C)cc2[n+]1CC)SC. The maximum Gasteiger partial charge on any atom is 0.263 e. The minimum absolute atomic E-state index is 1.03. The van der Waals surface area contributed by atoms with Crippen LogP contribution in [-0.4, -0.2) is 6.26 Å². The van der Waals surface area contributed by atoms with Crippen LogP contribution in [0.2, 0.25) is 0 Å². The van der Waals surface area contributed by atoms with Gasteiger partial charge in [0.25, 0.3) is 5.01 Å². The van der Waals surface area contributed by atoms with Crippen molar-refractivity contribution in [1.82, 2.24) is 0 Å². The highest BCUT2D eigenvalue weighted by Gasteiger charge is 2.17. The fourth-order valence-corrected chi connectivity index (χ4v) is 3.85. The van der Waals surface area contributed by atoms with Gasteiger partial charge in [0.1, 0.15) is 11.2 Å². The Labute approximate surface area is 118 Å². The van der Waals surface area contributed by atoms with E-state index >= 15 is 0 Å². The van der Waals surface area contributed by atoms with E-state index in [0.717, 1.165) is 13.0 Å². The molecule has 0 saturated heterocycles. The molecule has 0 aliphatic carbocycles. The molecule has 1 nitrogen and oxygen atoms in total. The maximum absolute atomic E-state index is 2.42. The highest BCUT2D eigenvalue weighted by Crippen LogP contribution is 2.26. The Bertz CT molecular complexity index is 575. The molecule has 0 unspecified atom stereocenters. The number of hydrogen-bond donors (Lipinski definition) is 0. The van der Waals surface area contributed by atoms with E-state index in [4.69, 9.17) is 0 Å². The van der Waals surface area contributed by atoms with Crippen molar-refractivity contribution in [3.63, 3.8) is 0 Å². The highest BCUT2D eigenvalue weighted by molar-refractivity contribution is 8.02. The van der Waals surface area contributed by atoms with Gasteiger partial charge in [0.2, 0.25) is 5.52 Å². The first kappa shape index (κ1) is 13.6. The largest absolute Gasteiger partial charge is 0.263 e. The zero-order chi connectivity index (χ0) is 13.1. The van der Waals surface area contributed by atoms with Gasteiger partial charge in [-0.15, -0.1) is 11.8 Å². The van der Waals surface area contributed by atoms with E-state index in [0.29, 0.717) is 0 Å². The number of nitrogens with zero attached hydrogens (tertiary/aromatic N) is 1. The summed E-state index contributed by atoms with van der Waals surface area (Å²) in [5.41, 5.74) is 2.70. The number of aromatic nitrogens is 1. The zero-order valence-electron chi connectivity index (χ0n) is 11.5. The van der Waals surface area contributed by atoms with Gasteiger partial charge >= 0.3 is 0 Å². The molecular weight excluding hydrogens is 258 g/mol. The highest BCUT2D eigenvalue weighted by atomic mass is 32.2. The van der Waals surface area contributed by atoms with Gasteiger partial charge < -0.3 is 0 Å².